The van der Waals surface area contributed by atoms with Gasteiger partial charge in [0.05, 0.1) is 0 Å². The van der Waals surface area contributed by atoms with Crippen molar-refractivity contribution in [1.82, 2.24) is 4.90 Å². The molecule has 1 fully saturated rings. The minimum absolute atomic E-state index is 0. The molecule has 3 nitrogen and oxygen atoms in total. The maximum atomic E-state index is 12.5. The average Bonchev–Trinajstić information content (AvgIpc) is 2.42. The summed E-state index contributed by atoms with van der Waals surface area (Å²) in [5, 5.41) is 0.521. The molecule has 22 heavy (non-hydrogen) atoms. The molecule has 1 aromatic carbocycles. The van der Waals surface area contributed by atoms with Gasteiger partial charge in [-0.3, -0.25) is 4.90 Å². The first-order valence-electron chi connectivity index (χ1n) is 7.17. The van der Waals surface area contributed by atoms with E-state index in [4.69, 9.17) is 17.3 Å². The van der Waals surface area contributed by atoms with E-state index in [1.54, 1.807) is 12.1 Å². The highest BCUT2D eigenvalue weighted by Crippen LogP contribution is 2.28. The first kappa shape index (κ1) is 19.4. The quantitative estimate of drug-likeness (QED) is 0.870. The molecule has 0 amide bonds. The highest BCUT2D eigenvalue weighted by atomic mass is 35.5. The molecule has 0 aliphatic carbocycles. The molecule has 2 N–H and O–H groups in total. The summed E-state index contributed by atoms with van der Waals surface area (Å²) in [6, 6.07) is 4.89. The number of alkyl halides is 2. The van der Waals surface area contributed by atoms with Crippen molar-refractivity contribution in [2.75, 3.05) is 13.1 Å². The topological polar surface area (TPSA) is 38.5 Å². The number of halogens is 4. The van der Waals surface area contributed by atoms with Crippen LogP contribution in [0.2, 0.25) is 5.02 Å². The lowest BCUT2D eigenvalue weighted by molar-refractivity contribution is -0.0508. The molecular formula is C15H22Cl2F2N2O. The molecule has 0 bridgehead atoms. The van der Waals surface area contributed by atoms with Crippen molar-refractivity contribution in [2.45, 2.75) is 39.0 Å². The molecule has 0 radical (unpaired) electrons. The van der Waals surface area contributed by atoms with Crippen molar-refractivity contribution in [3.8, 4) is 5.75 Å². The Morgan fingerprint density at radius 3 is 2.82 bits per heavy atom. The van der Waals surface area contributed by atoms with E-state index in [-0.39, 0.29) is 24.2 Å². The predicted molar refractivity (Wildman–Crippen MR) is 87.0 cm³/mol. The van der Waals surface area contributed by atoms with E-state index in [2.05, 4.69) is 9.64 Å². The van der Waals surface area contributed by atoms with E-state index in [0.29, 0.717) is 23.0 Å². The number of ether oxygens (including phenoxy) is 1. The van der Waals surface area contributed by atoms with Crippen LogP contribution in [0.15, 0.2) is 18.2 Å². The van der Waals surface area contributed by atoms with Gasteiger partial charge in [0.1, 0.15) is 5.75 Å². The fourth-order valence-corrected chi connectivity index (χ4v) is 2.98. The van der Waals surface area contributed by atoms with Gasteiger partial charge in [0.2, 0.25) is 0 Å². The zero-order valence-electron chi connectivity index (χ0n) is 12.5. The Morgan fingerprint density at radius 1 is 1.45 bits per heavy atom. The highest BCUT2D eigenvalue weighted by molar-refractivity contribution is 6.30. The van der Waals surface area contributed by atoms with E-state index in [0.717, 1.165) is 25.9 Å². The number of benzene rings is 1. The first-order chi connectivity index (χ1) is 9.95. The Labute approximate surface area is 141 Å². The molecule has 2 rings (SSSR count). The number of hydrogen-bond acceptors (Lipinski definition) is 3. The molecular weight excluding hydrogens is 333 g/mol. The lowest BCUT2D eigenvalue weighted by atomic mass is 9.92. The van der Waals surface area contributed by atoms with Crippen LogP contribution in [0.25, 0.3) is 0 Å². The van der Waals surface area contributed by atoms with Crippen molar-refractivity contribution in [2.24, 2.45) is 11.7 Å². The van der Waals surface area contributed by atoms with Gasteiger partial charge < -0.3 is 10.5 Å². The Balaban J connectivity index is 0.00000242. The molecule has 2 unspecified atom stereocenters. The molecule has 1 aromatic rings. The third kappa shape index (κ3) is 5.54. The summed E-state index contributed by atoms with van der Waals surface area (Å²) < 4.78 is 29.5. The number of hydrogen-bond donors (Lipinski definition) is 1. The fourth-order valence-electron chi connectivity index (χ4n) is 2.79. The second-order valence-electron chi connectivity index (χ2n) is 5.63. The molecule has 1 heterocycles. The Kier molecular flexibility index (Phi) is 7.83. The number of nitrogens with two attached hydrogens (primary N) is 1. The van der Waals surface area contributed by atoms with Gasteiger partial charge in [0.15, 0.2) is 0 Å². The second kappa shape index (κ2) is 8.87. The van der Waals surface area contributed by atoms with Gasteiger partial charge in [0.25, 0.3) is 0 Å². The zero-order chi connectivity index (χ0) is 15.4. The summed E-state index contributed by atoms with van der Waals surface area (Å²) in [6.45, 7) is 1.54. The maximum absolute atomic E-state index is 12.5. The van der Waals surface area contributed by atoms with E-state index in [1.807, 2.05) is 6.92 Å². The van der Waals surface area contributed by atoms with E-state index in [1.165, 1.54) is 6.07 Å². The number of rotatable bonds is 5. The molecule has 1 aliphatic rings. The SMILES string of the molecule is CC(N)C1CCCN(Cc2cc(Cl)ccc2OC(F)F)C1.Cl. The van der Waals surface area contributed by atoms with Crippen molar-refractivity contribution in [1.29, 1.82) is 0 Å². The van der Waals surface area contributed by atoms with Crippen LogP contribution in [-0.2, 0) is 6.54 Å². The van der Waals surface area contributed by atoms with Crippen LogP contribution in [0, 0.1) is 5.92 Å². The van der Waals surface area contributed by atoms with Gasteiger partial charge >= 0.3 is 6.61 Å². The van der Waals surface area contributed by atoms with Gasteiger partial charge in [-0.2, -0.15) is 8.78 Å². The molecule has 1 aliphatic heterocycles. The molecule has 0 spiro atoms. The minimum Gasteiger partial charge on any atom is -0.434 e. The molecule has 0 saturated carbocycles. The zero-order valence-corrected chi connectivity index (χ0v) is 14.0. The van der Waals surface area contributed by atoms with Crippen LogP contribution >= 0.6 is 24.0 Å². The van der Waals surface area contributed by atoms with Gasteiger partial charge in [0, 0.05) is 29.7 Å². The fraction of sp³-hybridized carbons (Fsp3) is 0.600. The van der Waals surface area contributed by atoms with Crippen LogP contribution in [0.5, 0.6) is 5.75 Å². The van der Waals surface area contributed by atoms with Gasteiger partial charge in [-0.25, -0.2) is 0 Å². The van der Waals surface area contributed by atoms with Crippen LogP contribution < -0.4 is 10.5 Å². The first-order valence-corrected chi connectivity index (χ1v) is 7.54. The normalized spacial score (nSPS) is 20.5. The van der Waals surface area contributed by atoms with Crippen LogP contribution in [0.1, 0.15) is 25.3 Å². The molecule has 7 heteroatoms. The van der Waals surface area contributed by atoms with Crippen molar-refractivity contribution < 1.29 is 13.5 Å². The summed E-state index contributed by atoms with van der Waals surface area (Å²) in [6.07, 6.45) is 2.18. The number of piperidine rings is 1. The monoisotopic (exact) mass is 354 g/mol. The Morgan fingerprint density at radius 2 is 2.18 bits per heavy atom. The van der Waals surface area contributed by atoms with E-state index < -0.39 is 6.61 Å². The summed E-state index contributed by atoms with van der Waals surface area (Å²) in [5.74, 6) is 0.634. The van der Waals surface area contributed by atoms with Crippen LogP contribution in [0.4, 0.5) is 8.78 Å². The number of nitrogens with zero attached hydrogens (tertiary/aromatic N) is 1. The van der Waals surface area contributed by atoms with Crippen LogP contribution in [0.3, 0.4) is 0 Å². The molecule has 126 valence electrons. The predicted octanol–water partition coefficient (Wildman–Crippen LogP) is 3.92. The van der Waals surface area contributed by atoms with E-state index >= 15 is 0 Å². The van der Waals surface area contributed by atoms with Crippen molar-refractivity contribution in [3.05, 3.63) is 28.8 Å². The molecule has 2 atom stereocenters. The Bertz CT molecular complexity index is 475. The lowest BCUT2D eigenvalue weighted by Crippen LogP contribution is -2.42. The summed E-state index contributed by atoms with van der Waals surface area (Å²) in [7, 11) is 0. The molecule has 1 saturated heterocycles. The summed E-state index contributed by atoms with van der Waals surface area (Å²) in [5.41, 5.74) is 6.66. The smallest absolute Gasteiger partial charge is 0.387 e. The van der Waals surface area contributed by atoms with Crippen molar-refractivity contribution in [3.63, 3.8) is 0 Å². The third-order valence-electron chi connectivity index (χ3n) is 3.92. The van der Waals surface area contributed by atoms with Gasteiger partial charge in [-0.1, -0.05) is 11.6 Å². The summed E-state index contributed by atoms with van der Waals surface area (Å²) >= 11 is 5.97. The lowest BCUT2D eigenvalue weighted by Gasteiger charge is -2.34. The summed E-state index contributed by atoms with van der Waals surface area (Å²) in [4.78, 5) is 2.22. The number of likely N-dealkylation sites (tertiary alicyclic amines) is 1. The Hall–Kier alpha value is -0.620. The van der Waals surface area contributed by atoms with Crippen LogP contribution in [-0.4, -0.2) is 30.6 Å². The maximum Gasteiger partial charge on any atom is 0.387 e. The standard InChI is InChI=1S/C15H21ClF2N2O.ClH/c1-10(19)11-3-2-6-20(8-11)9-12-7-13(16)4-5-14(12)21-15(17)18;/h4-5,7,10-11,15H,2-3,6,8-9,19H2,1H3;1H. The molecule has 0 aromatic heterocycles. The van der Waals surface area contributed by atoms with Gasteiger partial charge in [-0.05, 0) is 50.4 Å². The van der Waals surface area contributed by atoms with Crippen molar-refractivity contribution >= 4 is 24.0 Å². The van der Waals surface area contributed by atoms with E-state index in [9.17, 15) is 8.78 Å². The third-order valence-corrected chi connectivity index (χ3v) is 4.15. The highest BCUT2D eigenvalue weighted by Gasteiger charge is 2.23. The second-order valence-corrected chi connectivity index (χ2v) is 6.06. The van der Waals surface area contributed by atoms with Gasteiger partial charge in [-0.15, -0.1) is 12.4 Å². The average molecular weight is 355 g/mol. The minimum atomic E-state index is -2.83. The largest absolute Gasteiger partial charge is 0.434 e.